The summed E-state index contributed by atoms with van der Waals surface area (Å²) in [5, 5.41) is 0. The van der Waals surface area contributed by atoms with Crippen LogP contribution in [0.15, 0.2) is 47.4 Å². The lowest BCUT2D eigenvalue weighted by atomic mass is 10.1. The van der Waals surface area contributed by atoms with Crippen molar-refractivity contribution in [2.45, 2.75) is 32.1 Å². The molecule has 2 aromatic carbocycles. The quantitative estimate of drug-likeness (QED) is 0.647. The molecular formula is C19H22N2O2S. The molecule has 4 nitrogen and oxygen atoms in total. The highest BCUT2D eigenvalue weighted by Crippen LogP contribution is 2.23. The molecule has 0 radical (unpaired) electrons. The molecule has 0 bridgehead atoms. The fourth-order valence-electron chi connectivity index (χ4n) is 2.13. The van der Waals surface area contributed by atoms with Crippen LogP contribution in [0.1, 0.15) is 34.0 Å². The Hall–Kier alpha value is -2.27. The third kappa shape index (κ3) is 5.13. The zero-order chi connectivity index (χ0) is 17.5. The molecule has 0 aliphatic heterocycles. The first-order chi connectivity index (χ1) is 11.5. The van der Waals surface area contributed by atoms with Crippen molar-refractivity contribution in [3.05, 3.63) is 64.7 Å². The Bertz CT molecular complexity index is 727. The van der Waals surface area contributed by atoms with Gasteiger partial charge in [-0.1, -0.05) is 36.8 Å². The van der Waals surface area contributed by atoms with Crippen molar-refractivity contribution in [3.8, 4) is 0 Å². The molecule has 0 unspecified atom stereocenters. The summed E-state index contributed by atoms with van der Waals surface area (Å²) >= 11 is 1.46. The first kappa shape index (κ1) is 18.1. The second-order valence-electron chi connectivity index (χ2n) is 5.61. The minimum absolute atomic E-state index is 0.237. The van der Waals surface area contributed by atoms with Crippen LogP contribution >= 0.6 is 11.8 Å². The Balaban J connectivity index is 1.82. The zero-order valence-electron chi connectivity index (χ0n) is 14.2. The van der Waals surface area contributed by atoms with Crippen LogP contribution in [0.2, 0.25) is 0 Å². The molecule has 0 aliphatic rings. The van der Waals surface area contributed by atoms with Crippen LogP contribution in [0.25, 0.3) is 0 Å². The number of rotatable bonds is 5. The van der Waals surface area contributed by atoms with Gasteiger partial charge in [0.05, 0.1) is 5.75 Å². The summed E-state index contributed by atoms with van der Waals surface area (Å²) in [6.07, 6.45) is 0.925. The van der Waals surface area contributed by atoms with E-state index in [1.807, 2.05) is 38.1 Å². The number of nitrogens with one attached hydrogen (secondary N) is 2. The fraction of sp³-hybridized carbons (Fsp3) is 0.263. The number of hydrogen-bond donors (Lipinski definition) is 2. The minimum Gasteiger partial charge on any atom is -0.272 e. The molecule has 0 aliphatic carbocycles. The number of aryl methyl sites for hydroxylation is 3. The standard InChI is InChI=1S/C19H22N2O2S/c1-4-15-7-9-16(10-8-15)19(23)21-20-18(22)12-24-17-11-13(2)5-6-14(17)3/h5-11H,4,12H2,1-3H3,(H,20,22)(H,21,23). The highest BCUT2D eigenvalue weighted by atomic mass is 32.2. The predicted octanol–water partition coefficient (Wildman–Crippen LogP) is 3.42. The van der Waals surface area contributed by atoms with Gasteiger partial charge in [-0.25, -0.2) is 0 Å². The van der Waals surface area contributed by atoms with E-state index in [1.54, 1.807) is 12.1 Å². The third-order valence-corrected chi connectivity index (χ3v) is 4.80. The van der Waals surface area contributed by atoms with Gasteiger partial charge in [0.1, 0.15) is 0 Å². The maximum absolute atomic E-state index is 12.0. The summed E-state index contributed by atoms with van der Waals surface area (Å²) in [6, 6.07) is 13.5. The van der Waals surface area contributed by atoms with E-state index in [-0.39, 0.29) is 17.6 Å². The first-order valence-electron chi connectivity index (χ1n) is 7.87. The van der Waals surface area contributed by atoms with Gasteiger partial charge in [-0.05, 0) is 49.6 Å². The second-order valence-corrected chi connectivity index (χ2v) is 6.63. The molecule has 126 valence electrons. The smallest absolute Gasteiger partial charge is 0.269 e. The summed E-state index contributed by atoms with van der Waals surface area (Å²) in [7, 11) is 0. The summed E-state index contributed by atoms with van der Waals surface area (Å²) in [5.74, 6) is -0.304. The zero-order valence-corrected chi connectivity index (χ0v) is 15.0. The molecule has 24 heavy (non-hydrogen) atoms. The van der Waals surface area contributed by atoms with Crippen LogP contribution < -0.4 is 10.9 Å². The highest BCUT2D eigenvalue weighted by molar-refractivity contribution is 8.00. The van der Waals surface area contributed by atoms with Gasteiger partial charge >= 0.3 is 0 Å². The molecular weight excluding hydrogens is 320 g/mol. The van der Waals surface area contributed by atoms with Gasteiger partial charge in [-0.15, -0.1) is 11.8 Å². The normalized spacial score (nSPS) is 10.3. The van der Waals surface area contributed by atoms with Crippen molar-refractivity contribution in [2.75, 3.05) is 5.75 Å². The van der Waals surface area contributed by atoms with Gasteiger partial charge in [0.25, 0.3) is 5.91 Å². The number of hydrazine groups is 1. The van der Waals surface area contributed by atoms with Crippen molar-refractivity contribution < 1.29 is 9.59 Å². The third-order valence-electron chi connectivity index (χ3n) is 3.64. The van der Waals surface area contributed by atoms with Crippen LogP contribution in [-0.2, 0) is 11.2 Å². The van der Waals surface area contributed by atoms with Crippen molar-refractivity contribution in [2.24, 2.45) is 0 Å². The monoisotopic (exact) mass is 342 g/mol. The minimum atomic E-state index is -0.317. The highest BCUT2D eigenvalue weighted by Gasteiger charge is 2.08. The topological polar surface area (TPSA) is 58.2 Å². The van der Waals surface area contributed by atoms with Gasteiger partial charge in [0.2, 0.25) is 5.91 Å². The largest absolute Gasteiger partial charge is 0.272 e. The average molecular weight is 342 g/mol. The maximum atomic E-state index is 12.0. The average Bonchev–Trinajstić information content (AvgIpc) is 2.60. The van der Waals surface area contributed by atoms with Crippen LogP contribution in [-0.4, -0.2) is 17.6 Å². The van der Waals surface area contributed by atoms with Crippen molar-refractivity contribution in [1.29, 1.82) is 0 Å². The Kier molecular flexibility index (Phi) is 6.44. The fourth-order valence-corrected chi connectivity index (χ4v) is 3.06. The van der Waals surface area contributed by atoms with Gasteiger partial charge in [0.15, 0.2) is 0 Å². The lowest BCUT2D eigenvalue weighted by Gasteiger charge is -2.09. The van der Waals surface area contributed by atoms with E-state index in [0.717, 1.165) is 22.4 Å². The number of amides is 2. The summed E-state index contributed by atoms with van der Waals surface area (Å²) in [6.45, 7) is 6.10. The molecule has 2 aromatic rings. The Morgan fingerprint density at radius 3 is 2.38 bits per heavy atom. The van der Waals surface area contributed by atoms with Crippen LogP contribution in [0.4, 0.5) is 0 Å². The van der Waals surface area contributed by atoms with Gasteiger partial charge in [-0.2, -0.15) is 0 Å². The van der Waals surface area contributed by atoms with Crippen molar-refractivity contribution >= 4 is 23.6 Å². The second kappa shape index (κ2) is 8.55. The van der Waals surface area contributed by atoms with E-state index < -0.39 is 0 Å². The molecule has 2 rings (SSSR count). The van der Waals surface area contributed by atoms with Crippen molar-refractivity contribution in [3.63, 3.8) is 0 Å². The molecule has 0 fully saturated rings. The molecule has 2 N–H and O–H groups in total. The predicted molar refractivity (Wildman–Crippen MR) is 98.1 cm³/mol. The van der Waals surface area contributed by atoms with Crippen LogP contribution in [0, 0.1) is 13.8 Å². The van der Waals surface area contributed by atoms with Crippen LogP contribution in [0.3, 0.4) is 0 Å². The van der Waals surface area contributed by atoms with E-state index in [0.29, 0.717) is 5.56 Å². The van der Waals surface area contributed by atoms with E-state index in [2.05, 4.69) is 23.8 Å². The van der Waals surface area contributed by atoms with Crippen LogP contribution in [0.5, 0.6) is 0 Å². The number of benzene rings is 2. The molecule has 0 saturated carbocycles. The number of carbonyl (C=O) groups is 2. The van der Waals surface area contributed by atoms with Gasteiger partial charge < -0.3 is 0 Å². The summed E-state index contributed by atoms with van der Waals surface area (Å²) in [5.41, 5.74) is 8.89. The number of carbonyl (C=O) groups excluding carboxylic acids is 2. The number of thioether (sulfide) groups is 1. The molecule has 0 spiro atoms. The van der Waals surface area contributed by atoms with E-state index >= 15 is 0 Å². The summed E-state index contributed by atoms with van der Waals surface area (Å²) < 4.78 is 0. The summed E-state index contributed by atoms with van der Waals surface area (Å²) in [4.78, 5) is 25.0. The van der Waals surface area contributed by atoms with Crippen molar-refractivity contribution in [1.82, 2.24) is 10.9 Å². The SMILES string of the molecule is CCc1ccc(C(=O)NNC(=O)CSc2cc(C)ccc2C)cc1. The lowest BCUT2D eigenvalue weighted by Crippen LogP contribution is -2.42. The molecule has 0 atom stereocenters. The maximum Gasteiger partial charge on any atom is 0.269 e. The Morgan fingerprint density at radius 1 is 1.00 bits per heavy atom. The van der Waals surface area contributed by atoms with E-state index in [9.17, 15) is 9.59 Å². The van der Waals surface area contributed by atoms with Gasteiger partial charge in [-0.3, -0.25) is 20.4 Å². The lowest BCUT2D eigenvalue weighted by molar-refractivity contribution is -0.119. The first-order valence-corrected chi connectivity index (χ1v) is 8.86. The van der Waals surface area contributed by atoms with E-state index in [1.165, 1.54) is 17.3 Å². The van der Waals surface area contributed by atoms with Gasteiger partial charge in [0, 0.05) is 10.5 Å². The Labute approximate surface area is 147 Å². The molecule has 0 aromatic heterocycles. The molecule has 2 amide bonds. The molecule has 5 heteroatoms. The van der Waals surface area contributed by atoms with E-state index in [4.69, 9.17) is 0 Å². The molecule has 0 saturated heterocycles. The molecule has 0 heterocycles. The Morgan fingerprint density at radius 2 is 1.71 bits per heavy atom. The number of hydrogen-bond acceptors (Lipinski definition) is 3.